The van der Waals surface area contributed by atoms with Crippen molar-refractivity contribution in [3.8, 4) is 34.3 Å². The van der Waals surface area contributed by atoms with E-state index in [1.54, 1.807) is 35.9 Å². The van der Waals surface area contributed by atoms with Gasteiger partial charge in [-0.2, -0.15) is 5.10 Å². The monoisotopic (exact) mass is 358 g/mol. The predicted octanol–water partition coefficient (Wildman–Crippen LogP) is 3.32. The van der Waals surface area contributed by atoms with Crippen LogP contribution in [0, 0.1) is 4.77 Å². The van der Waals surface area contributed by atoms with Gasteiger partial charge in [-0.25, -0.2) is 0 Å². The molecule has 0 aliphatic carbocycles. The highest BCUT2D eigenvalue weighted by atomic mass is 32.1. The standard InChI is InChI=1S/C17H18N4O3S/c1-3-9-6-11(14(23)8-13(9)22)16-19-20-17(25)21(16)10-4-5-12(18-2)15(24)7-10/h4-8,18,22-24H,3H2,1-2H3,(H,20,25). The second kappa shape index (κ2) is 6.48. The lowest BCUT2D eigenvalue weighted by molar-refractivity contribution is 0.447. The minimum absolute atomic E-state index is 0.0282. The quantitative estimate of drug-likeness (QED) is 0.362. The highest BCUT2D eigenvalue weighted by Gasteiger charge is 2.17. The maximum absolute atomic E-state index is 10.3. The van der Waals surface area contributed by atoms with Crippen molar-refractivity contribution in [2.75, 3.05) is 12.4 Å². The maximum atomic E-state index is 10.3. The highest BCUT2D eigenvalue weighted by molar-refractivity contribution is 7.71. The first kappa shape index (κ1) is 16.8. The maximum Gasteiger partial charge on any atom is 0.200 e. The van der Waals surface area contributed by atoms with E-state index in [4.69, 9.17) is 12.2 Å². The van der Waals surface area contributed by atoms with Gasteiger partial charge in [0.05, 0.1) is 16.9 Å². The van der Waals surface area contributed by atoms with Gasteiger partial charge in [0.2, 0.25) is 0 Å². The summed E-state index contributed by atoms with van der Waals surface area (Å²) in [4.78, 5) is 0. The molecule has 0 unspecified atom stereocenters. The molecule has 0 aliphatic heterocycles. The molecule has 25 heavy (non-hydrogen) atoms. The van der Waals surface area contributed by atoms with Gasteiger partial charge in [0.15, 0.2) is 10.6 Å². The van der Waals surface area contributed by atoms with Crippen LogP contribution in [-0.4, -0.2) is 37.1 Å². The molecule has 0 radical (unpaired) electrons. The van der Waals surface area contributed by atoms with Crippen LogP contribution in [0.5, 0.6) is 17.2 Å². The molecule has 0 amide bonds. The zero-order chi connectivity index (χ0) is 18.1. The fourth-order valence-electron chi connectivity index (χ4n) is 2.67. The molecular formula is C17H18N4O3S. The number of benzene rings is 2. The number of anilines is 1. The largest absolute Gasteiger partial charge is 0.508 e. The molecular weight excluding hydrogens is 340 g/mol. The van der Waals surface area contributed by atoms with Gasteiger partial charge in [-0.1, -0.05) is 6.92 Å². The molecule has 8 heteroatoms. The fraction of sp³-hybridized carbons (Fsp3) is 0.176. The topological polar surface area (TPSA) is 106 Å². The van der Waals surface area contributed by atoms with Gasteiger partial charge in [0.1, 0.15) is 17.2 Å². The number of aromatic hydroxyl groups is 3. The lowest BCUT2D eigenvalue weighted by atomic mass is 10.1. The summed E-state index contributed by atoms with van der Waals surface area (Å²) in [5.41, 5.74) is 2.29. The molecule has 1 heterocycles. The molecule has 7 nitrogen and oxygen atoms in total. The molecule has 1 aromatic heterocycles. The molecule has 0 saturated heterocycles. The van der Waals surface area contributed by atoms with E-state index in [2.05, 4.69) is 15.5 Å². The summed E-state index contributed by atoms with van der Waals surface area (Å²) < 4.78 is 1.93. The van der Waals surface area contributed by atoms with Gasteiger partial charge in [0.25, 0.3) is 0 Å². The van der Waals surface area contributed by atoms with E-state index in [0.29, 0.717) is 39.5 Å². The van der Waals surface area contributed by atoms with Crippen molar-refractivity contribution in [3.05, 3.63) is 40.7 Å². The number of aromatic amines is 1. The minimum atomic E-state index is -0.110. The van der Waals surface area contributed by atoms with Crippen LogP contribution < -0.4 is 5.32 Å². The van der Waals surface area contributed by atoms with Crippen molar-refractivity contribution in [2.45, 2.75) is 13.3 Å². The Kier molecular flexibility index (Phi) is 4.37. The van der Waals surface area contributed by atoms with E-state index in [-0.39, 0.29) is 17.2 Å². The van der Waals surface area contributed by atoms with Crippen LogP contribution in [0.4, 0.5) is 5.69 Å². The third-order valence-corrected chi connectivity index (χ3v) is 4.27. The summed E-state index contributed by atoms with van der Waals surface area (Å²) in [6, 6.07) is 8.01. The van der Waals surface area contributed by atoms with Crippen molar-refractivity contribution < 1.29 is 15.3 Å². The molecule has 2 aromatic carbocycles. The Labute approximate surface area is 149 Å². The average molecular weight is 358 g/mol. The summed E-state index contributed by atoms with van der Waals surface area (Å²) in [5.74, 6) is 0.369. The molecule has 0 atom stereocenters. The van der Waals surface area contributed by atoms with Crippen LogP contribution in [0.25, 0.3) is 17.1 Å². The van der Waals surface area contributed by atoms with E-state index in [9.17, 15) is 15.3 Å². The molecule has 3 aromatic rings. The average Bonchev–Trinajstić information content (AvgIpc) is 2.96. The molecule has 5 N–H and O–H groups in total. The molecule has 0 spiro atoms. The number of aryl methyl sites for hydroxylation is 1. The number of H-pyrrole nitrogens is 1. The Morgan fingerprint density at radius 2 is 1.88 bits per heavy atom. The summed E-state index contributed by atoms with van der Waals surface area (Å²) >= 11 is 5.31. The normalized spacial score (nSPS) is 10.8. The Bertz CT molecular complexity index is 994. The Hall–Kier alpha value is -3.00. The first-order valence-corrected chi connectivity index (χ1v) is 8.10. The van der Waals surface area contributed by atoms with Crippen molar-refractivity contribution in [3.63, 3.8) is 0 Å². The summed E-state index contributed by atoms with van der Waals surface area (Å²) in [7, 11) is 1.71. The van der Waals surface area contributed by atoms with E-state index in [1.165, 1.54) is 6.07 Å². The van der Waals surface area contributed by atoms with Gasteiger partial charge in [0, 0.05) is 19.2 Å². The van der Waals surface area contributed by atoms with Gasteiger partial charge < -0.3 is 20.6 Å². The van der Waals surface area contributed by atoms with Gasteiger partial charge in [-0.3, -0.25) is 9.67 Å². The molecule has 130 valence electrons. The predicted molar refractivity (Wildman–Crippen MR) is 98.1 cm³/mol. The van der Waals surface area contributed by atoms with E-state index in [1.807, 2.05) is 6.92 Å². The number of rotatable bonds is 4. The van der Waals surface area contributed by atoms with Gasteiger partial charge >= 0.3 is 0 Å². The fourth-order valence-corrected chi connectivity index (χ4v) is 2.91. The van der Waals surface area contributed by atoms with Crippen LogP contribution in [0.15, 0.2) is 30.3 Å². The SMILES string of the molecule is CCc1cc(-c2n[nH]c(=S)n2-c2ccc(NC)c(O)c2)c(O)cc1O. The van der Waals surface area contributed by atoms with Crippen LogP contribution in [0.3, 0.4) is 0 Å². The number of aromatic nitrogens is 3. The van der Waals surface area contributed by atoms with E-state index < -0.39 is 0 Å². The number of hydrogen-bond acceptors (Lipinski definition) is 6. The smallest absolute Gasteiger partial charge is 0.200 e. The summed E-state index contributed by atoms with van der Waals surface area (Å²) in [6.07, 6.45) is 0.599. The molecule has 0 aliphatic rings. The van der Waals surface area contributed by atoms with Gasteiger partial charge in [-0.15, -0.1) is 0 Å². The Morgan fingerprint density at radius 3 is 2.52 bits per heavy atom. The Morgan fingerprint density at radius 1 is 1.12 bits per heavy atom. The van der Waals surface area contributed by atoms with Crippen LogP contribution in [0.1, 0.15) is 12.5 Å². The first-order valence-electron chi connectivity index (χ1n) is 7.70. The van der Waals surface area contributed by atoms with Crippen LogP contribution >= 0.6 is 12.2 Å². The Balaban J connectivity index is 2.22. The molecule has 0 bridgehead atoms. The van der Waals surface area contributed by atoms with Crippen LogP contribution in [0.2, 0.25) is 0 Å². The van der Waals surface area contributed by atoms with Crippen molar-refractivity contribution >= 4 is 17.9 Å². The second-order valence-corrected chi connectivity index (χ2v) is 5.88. The van der Waals surface area contributed by atoms with Crippen molar-refractivity contribution in [1.82, 2.24) is 14.8 Å². The summed E-state index contributed by atoms with van der Waals surface area (Å²) in [5, 5.41) is 40.0. The minimum Gasteiger partial charge on any atom is -0.508 e. The third-order valence-electron chi connectivity index (χ3n) is 4.00. The number of nitrogens with one attached hydrogen (secondary N) is 2. The molecule has 3 rings (SSSR count). The number of phenols is 3. The number of phenolic OH excluding ortho intramolecular Hbond substituents is 3. The number of nitrogens with zero attached hydrogens (tertiary/aromatic N) is 2. The molecule has 0 fully saturated rings. The van der Waals surface area contributed by atoms with E-state index in [0.717, 1.165) is 0 Å². The lowest BCUT2D eigenvalue weighted by Crippen LogP contribution is -1.99. The summed E-state index contributed by atoms with van der Waals surface area (Å²) in [6.45, 7) is 1.90. The van der Waals surface area contributed by atoms with Crippen LogP contribution in [-0.2, 0) is 6.42 Å². The molecule has 0 saturated carbocycles. The number of hydrogen-bond donors (Lipinski definition) is 5. The van der Waals surface area contributed by atoms with Gasteiger partial charge in [-0.05, 0) is 42.4 Å². The van der Waals surface area contributed by atoms with Crippen molar-refractivity contribution in [1.29, 1.82) is 0 Å². The van der Waals surface area contributed by atoms with Crippen molar-refractivity contribution in [2.24, 2.45) is 0 Å². The zero-order valence-corrected chi connectivity index (χ0v) is 14.6. The first-order chi connectivity index (χ1) is 12.0. The lowest BCUT2D eigenvalue weighted by Gasteiger charge is -2.12. The highest BCUT2D eigenvalue weighted by Crippen LogP contribution is 2.36. The zero-order valence-electron chi connectivity index (χ0n) is 13.7. The second-order valence-electron chi connectivity index (χ2n) is 5.49. The third kappa shape index (κ3) is 2.91. The van der Waals surface area contributed by atoms with E-state index >= 15 is 0 Å².